The summed E-state index contributed by atoms with van der Waals surface area (Å²) in [6.45, 7) is 4.94. The summed E-state index contributed by atoms with van der Waals surface area (Å²) in [7, 11) is 1.33. The third-order valence-electron chi connectivity index (χ3n) is 6.26. The van der Waals surface area contributed by atoms with Crippen molar-refractivity contribution in [3.05, 3.63) is 53.6 Å². The van der Waals surface area contributed by atoms with Gasteiger partial charge in [-0.05, 0) is 36.7 Å². The number of nitrogens with zero attached hydrogens (tertiary/aromatic N) is 3. The van der Waals surface area contributed by atoms with Crippen LogP contribution in [0.3, 0.4) is 0 Å². The molecule has 0 bridgehead atoms. The number of thioether (sulfide) groups is 1. The molecule has 2 aromatic carbocycles. The molecule has 0 aliphatic carbocycles. The van der Waals surface area contributed by atoms with Crippen molar-refractivity contribution < 1.29 is 14.3 Å². The Balaban J connectivity index is 1.56. The van der Waals surface area contributed by atoms with Gasteiger partial charge < -0.3 is 25.3 Å². The highest BCUT2D eigenvalue weighted by atomic mass is 32.2. The van der Waals surface area contributed by atoms with E-state index in [0.29, 0.717) is 12.1 Å². The van der Waals surface area contributed by atoms with Crippen LogP contribution >= 0.6 is 11.8 Å². The fourth-order valence-corrected chi connectivity index (χ4v) is 5.25. The Bertz CT molecular complexity index is 1160. The summed E-state index contributed by atoms with van der Waals surface area (Å²) in [6, 6.07) is 13.8. The number of rotatable bonds is 10. The van der Waals surface area contributed by atoms with Crippen LogP contribution in [-0.2, 0) is 22.6 Å². The van der Waals surface area contributed by atoms with Gasteiger partial charge in [-0.15, -0.1) is 0 Å². The normalized spacial score (nSPS) is 14.2. The summed E-state index contributed by atoms with van der Waals surface area (Å²) in [5.74, 6) is 2.71. The van der Waals surface area contributed by atoms with E-state index in [2.05, 4.69) is 31.7 Å². The SMILES string of the molecule is COC(=O)CCNC(=O)c1ccc2c(c1)nc(-c1ccc(CN)cc1)n2CCCN1CCSCC1. The smallest absolute Gasteiger partial charge is 0.307 e. The Morgan fingerprint density at radius 1 is 1.11 bits per heavy atom. The second-order valence-electron chi connectivity index (χ2n) is 8.58. The maximum Gasteiger partial charge on any atom is 0.307 e. The van der Waals surface area contributed by atoms with Crippen molar-refractivity contribution >= 4 is 34.7 Å². The zero-order chi connectivity index (χ0) is 24.6. The number of hydrogen-bond donors (Lipinski definition) is 2. The Hall–Kier alpha value is -2.88. The van der Waals surface area contributed by atoms with Crippen LogP contribution in [0.1, 0.15) is 28.8 Å². The number of nitrogens with one attached hydrogen (secondary N) is 1. The number of aryl methyl sites for hydroxylation is 1. The third kappa shape index (κ3) is 6.42. The highest BCUT2D eigenvalue weighted by molar-refractivity contribution is 7.99. The monoisotopic (exact) mass is 495 g/mol. The Morgan fingerprint density at radius 2 is 1.89 bits per heavy atom. The van der Waals surface area contributed by atoms with E-state index in [-0.39, 0.29) is 24.8 Å². The molecule has 1 saturated heterocycles. The molecule has 9 heteroatoms. The molecule has 186 valence electrons. The minimum atomic E-state index is -0.354. The Kier molecular flexibility index (Phi) is 8.79. The molecule has 4 rings (SSSR count). The molecule has 1 aromatic heterocycles. The average Bonchev–Trinajstić information content (AvgIpc) is 3.26. The third-order valence-corrected chi connectivity index (χ3v) is 7.20. The number of methoxy groups -OCH3 is 1. The van der Waals surface area contributed by atoms with Gasteiger partial charge in [0.1, 0.15) is 5.82 Å². The van der Waals surface area contributed by atoms with E-state index in [1.807, 2.05) is 42.1 Å². The molecule has 8 nitrogen and oxygen atoms in total. The van der Waals surface area contributed by atoms with Gasteiger partial charge in [0, 0.05) is 55.4 Å². The molecule has 0 spiro atoms. The first-order chi connectivity index (χ1) is 17.1. The van der Waals surface area contributed by atoms with Crippen LogP contribution < -0.4 is 11.1 Å². The lowest BCUT2D eigenvalue weighted by atomic mass is 10.1. The van der Waals surface area contributed by atoms with E-state index >= 15 is 0 Å². The zero-order valence-corrected chi connectivity index (χ0v) is 21.0. The van der Waals surface area contributed by atoms with Crippen LogP contribution in [0.4, 0.5) is 0 Å². The van der Waals surface area contributed by atoms with Crippen LogP contribution in [0.5, 0.6) is 0 Å². The van der Waals surface area contributed by atoms with Gasteiger partial charge in [-0.1, -0.05) is 24.3 Å². The number of aromatic nitrogens is 2. The summed E-state index contributed by atoms with van der Waals surface area (Å²) in [6.07, 6.45) is 1.16. The van der Waals surface area contributed by atoms with Crippen LogP contribution in [0, 0.1) is 0 Å². The molecule has 1 aliphatic rings. The van der Waals surface area contributed by atoms with Crippen molar-refractivity contribution in [3.63, 3.8) is 0 Å². The minimum absolute atomic E-state index is 0.137. The summed E-state index contributed by atoms with van der Waals surface area (Å²) < 4.78 is 6.88. The summed E-state index contributed by atoms with van der Waals surface area (Å²) in [5, 5.41) is 2.77. The molecule has 1 aliphatic heterocycles. The number of imidazole rings is 1. The lowest BCUT2D eigenvalue weighted by Gasteiger charge is -2.26. The largest absolute Gasteiger partial charge is 0.469 e. The highest BCUT2D eigenvalue weighted by Gasteiger charge is 2.16. The first-order valence-corrected chi connectivity index (χ1v) is 13.2. The van der Waals surface area contributed by atoms with Crippen molar-refractivity contribution in [1.82, 2.24) is 19.8 Å². The lowest BCUT2D eigenvalue weighted by molar-refractivity contribution is -0.140. The second kappa shape index (κ2) is 12.2. The van der Waals surface area contributed by atoms with Crippen molar-refractivity contribution in [1.29, 1.82) is 0 Å². The van der Waals surface area contributed by atoms with Crippen LogP contribution in [-0.4, -0.2) is 71.1 Å². The predicted molar refractivity (Wildman–Crippen MR) is 140 cm³/mol. The van der Waals surface area contributed by atoms with E-state index in [0.717, 1.165) is 60.6 Å². The number of fused-ring (bicyclic) bond motifs is 1. The average molecular weight is 496 g/mol. The van der Waals surface area contributed by atoms with Crippen LogP contribution in [0.2, 0.25) is 0 Å². The van der Waals surface area contributed by atoms with Crippen LogP contribution in [0.25, 0.3) is 22.4 Å². The number of esters is 1. The van der Waals surface area contributed by atoms with Crippen molar-refractivity contribution in [2.75, 3.05) is 44.8 Å². The van der Waals surface area contributed by atoms with E-state index in [4.69, 9.17) is 10.7 Å². The Morgan fingerprint density at radius 3 is 2.60 bits per heavy atom. The number of benzene rings is 2. The maximum atomic E-state index is 12.6. The molecule has 1 fully saturated rings. The van der Waals surface area contributed by atoms with Gasteiger partial charge in [-0.3, -0.25) is 9.59 Å². The molecule has 3 N–H and O–H groups in total. The number of hydrogen-bond acceptors (Lipinski definition) is 7. The predicted octanol–water partition coefficient (Wildman–Crippen LogP) is 2.89. The van der Waals surface area contributed by atoms with Gasteiger partial charge in [0.05, 0.1) is 24.6 Å². The first-order valence-electron chi connectivity index (χ1n) is 12.0. The number of amides is 1. The molecular formula is C26H33N5O3S. The van der Waals surface area contributed by atoms with Crippen molar-refractivity contribution in [3.8, 4) is 11.4 Å². The quantitative estimate of drug-likeness (QED) is 0.417. The minimum Gasteiger partial charge on any atom is -0.469 e. The molecule has 0 saturated carbocycles. The molecule has 0 radical (unpaired) electrons. The molecular weight excluding hydrogens is 462 g/mol. The first kappa shape index (κ1) is 25.2. The lowest BCUT2D eigenvalue weighted by Crippen LogP contribution is -2.33. The summed E-state index contributed by atoms with van der Waals surface area (Å²) in [4.78, 5) is 31.4. The zero-order valence-electron chi connectivity index (χ0n) is 20.2. The molecule has 1 amide bonds. The number of ether oxygens (including phenoxy) is 1. The molecule has 35 heavy (non-hydrogen) atoms. The molecule has 0 unspecified atom stereocenters. The van der Waals surface area contributed by atoms with Gasteiger partial charge in [0.15, 0.2) is 0 Å². The second-order valence-corrected chi connectivity index (χ2v) is 9.81. The number of carbonyl (C=O) groups is 2. The molecule has 0 atom stereocenters. The van der Waals surface area contributed by atoms with E-state index in [9.17, 15) is 9.59 Å². The van der Waals surface area contributed by atoms with Crippen LogP contribution in [0.15, 0.2) is 42.5 Å². The van der Waals surface area contributed by atoms with Gasteiger partial charge in [-0.25, -0.2) is 4.98 Å². The van der Waals surface area contributed by atoms with Gasteiger partial charge in [0.25, 0.3) is 5.91 Å². The van der Waals surface area contributed by atoms with Gasteiger partial charge in [0.2, 0.25) is 0 Å². The fraction of sp³-hybridized carbons (Fsp3) is 0.423. The standard InChI is InChI=1S/C26H33N5O3S/c1-34-24(32)9-10-28-26(33)21-7-8-23-22(17-21)29-25(20-5-3-19(18-27)4-6-20)31(23)12-2-11-30-13-15-35-16-14-30/h3-8,17H,2,9-16,18,27H2,1H3,(H,28,33). The summed E-state index contributed by atoms with van der Waals surface area (Å²) >= 11 is 2.02. The fourth-order valence-electron chi connectivity index (χ4n) is 4.27. The highest BCUT2D eigenvalue weighted by Crippen LogP contribution is 2.27. The van der Waals surface area contributed by atoms with Crippen molar-refractivity contribution in [2.45, 2.75) is 25.9 Å². The molecule has 3 aromatic rings. The summed E-state index contributed by atoms with van der Waals surface area (Å²) in [5.41, 5.74) is 10.2. The Labute approximate surface area is 210 Å². The number of carbonyl (C=O) groups excluding carboxylic acids is 2. The van der Waals surface area contributed by atoms with E-state index in [1.165, 1.54) is 18.6 Å². The van der Waals surface area contributed by atoms with Gasteiger partial charge in [-0.2, -0.15) is 11.8 Å². The van der Waals surface area contributed by atoms with E-state index in [1.54, 1.807) is 0 Å². The number of nitrogens with two attached hydrogens (primary N) is 1. The van der Waals surface area contributed by atoms with E-state index < -0.39 is 0 Å². The topological polar surface area (TPSA) is 102 Å². The van der Waals surface area contributed by atoms with Gasteiger partial charge >= 0.3 is 5.97 Å². The maximum absolute atomic E-state index is 12.6. The molecule has 2 heterocycles. The van der Waals surface area contributed by atoms with Crippen molar-refractivity contribution in [2.24, 2.45) is 5.73 Å².